The average molecular weight is 413 g/mol. The van der Waals surface area contributed by atoms with Crippen LogP contribution in [-0.2, 0) is 14.3 Å². The molecule has 160 valence electrons. The van der Waals surface area contributed by atoms with E-state index in [9.17, 15) is 9.59 Å². The number of carbonyl (C=O) groups excluding carboxylic acids is 2. The molecular weight excluding hydrogens is 386 g/mol. The number of anilines is 1. The third-order valence-corrected chi connectivity index (χ3v) is 4.62. The van der Waals surface area contributed by atoms with Crippen molar-refractivity contribution in [3.8, 4) is 17.2 Å². The Kier molecular flexibility index (Phi) is 7.86. The van der Waals surface area contributed by atoms with E-state index in [1.165, 1.54) is 34.3 Å². The fourth-order valence-corrected chi connectivity index (χ4v) is 2.75. The Balaban J connectivity index is 2.05. The highest BCUT2D eigenvalue weighted by molar-refractivity contribution is 5.97. The number of rotatable bonds is 8. The average Bonchev–Trinajstić information content (AvgIpc) is 2.74. The van der Waals surface area contributed by atoms with Crippen molar-refractivity contribution in [3.63, 3.8) is 0 Å². The Morgan fingerprint density at radius 2 is 1.63 bits per heavy atom. The van der Waals surface area contributed by atoms with Gasteiger partial charge in [0.1, 0.15) is 0 Å². The van der Waals surface area contributed by atoms with Gasteiger partial charge in [0.15, 0.2) is 17.6 Å². The van der Waals surface area contributed by atoms with Crippen LogP contribution in [0.2, 0.25) is 0 Å². The van der Waals surface area contributed by atoms with Crippen molar-refractivity contribution < 1.29 is 28.5 Å². The van der Waals surface area contributed by atoms with Crippen molar-refractivity contribution in [3.05, 3.63) is 53.1 Å². The van der Waals surface area contributed by atoms with Crippen molar-refractivity contribution in [2.45, 2.75) is 26.9 Å². The number of esters is 1. The maximum absolute atomic E-state index is 12.4. The molecular formula is C23H27NO6. The maximum Gasteiger partial charge on any atom is 0.331 e. The fraction of sp³-hybridized carbons (Fsp3) is 0.304. The van der Waals surface area contributed by atoms with Gasteiger partial charge in [-0.05, 0) is 61.7 Å². The topological polar surface area (TPSA) is 83.1 Å². The lowest BCUT2D eigenvalue weighted by molar-refractivity contribution is -0.148. The normalized spacial score (nSPS) is 11.7. The molecule has 1 unspecified atom stereocenters. The summed E-state index contributed by atoms with van der Waals surface area (Å²) in [5, 5.41) is 2.79. The van der Waals surface area contributed by atoms with Gasteiger partial charge in [-0.1, -0.05) is 12.1 Å². The van der Waals surface area contributed by atoms with E-state index >= 15 is 0 Å². The molecule has 0 saturated heterocycles. The predicted molar refractivity (Wildman–Crippen MR) is 115 cm³/mol. The Labute approximate surface area is 176 Å². The molecule has 2 aromatic rings. The van der Waals surface area contributed by atoms with Crippen LogP contribution in [0.3, 0.4) is 0 Å². The first-order chi connectivity index (χ1) is 14.3. The lowest BCUT2D eigenvalue weighted by Gasteiger charge is -2.15. The van der Waals surface area contributed by atoms with Gasteiger partial charge in [0.2, 0.25) is 5.75 Å². The Morgan fingerprint density at radius 1 is 1.00 bits per heavy atom. The molecule has 2 aromatic carbocycles. The summed E-state index contributed by atoms with van der Waals surface area (Å²) in [6.07, 6.45) is 1.83. The van der Waals surface area contributed by atoms with Gasteiger partial charge in [0.05, 0.1) is 21.3 Å². The summed E-state index contributed by atoms with van der Waals surface area (Å²) in [5.41, 5.74) is 3.36. The van der Waals surface area contributed by atoms with E-state index < -0.39 is 18.0 Å². The first-order valence-electron chi connectivity index (χ1n) is 9.36. The minimum absolute atomic E-state index is 0.404. The van der Waals surface area contributed by atoms with E-state index in [-0.39, 0.29) is 0 Å². The highest BCUT2D eigenvalue weighted by atomic mass is 16.5. The van der Waals surface area contributed by atoms with Crippen LogP contribution in [0.5, 0.6) is 17.2 Å². The number of benzene rings is 2. The standard InChI is InChI=1S/C23H27NO6/c1-14-8-7-9-18(15(14)2)24-23(26)16(3)30-21(25)11-10-17-12-19(27-4)22(29-6)20(13-17)28-5/h7-13,16H,1-6H3,(H,24,26)/b11-10+. The lowest BCUT2D eigenvalue weighted by Crippen LogP contribution is -2.29. The molecule has 0 aliphatic carbocycles. The second kappa shape index (κ2) is 10.3. The molecule has 1 N–H and O–H groups in total. The third kappa shape index (κ3) is 5.53. The van der Waals surface area contributed by atoms with Crippen LogP contribution in [0, 0.1) is 13.8 Å². The van der Waals surface area contributed by atoms with Gasteiger partial charge in [-0.25, -0.2) is 4.79 Å². The van der Waals surface area contributed by atoms with Gasteiger partial charge >= 0.3 is 5.97 Å². The van der Waals surface area contributed by atoms with Crippen LogP contribution in [0.15, 0.2) is 36.4 Å². The van der Waals surface area contributed by atoms with E-state index in [0.29, 0.717) is 28.5 Å². The largest absolute Gasteiger partial charge is 0.493 e. The summed E-state index contributed by atoms with van der Waals surface area (Å²) < 4.78 is 21.1. The molecule has 0 saturated carbocycles. The van der Waals surface area contributed by atoms with Gasteiger partial charge in [0, 0.05) is 11.8 Å². The van der Waals surface area contributed by atoms with E-state index in [1.807, 2.05) is 26.0 Å². The molecule has 0 bridgehead atoms. The molecule has 30 heavy (non-hydrogen) atoms. The SMILES string of the molecule is COc1cc(/C=C/C(=O)OC(C)C(=O)Nc2cccc(C)c2C)cc(OC)c1OC. The number of nitrogens with one attached hydrogen (secondary N) is 1. The van der Waals surface area contributed by atoms with Crippen LogP contribution in [-0.4, -0.2) is 39.3 Å². The van der Waals surface area contributed by atoms with Crippen molar-refractivity contribution >= 4 is 23.6 Å². The van der Waals surface area contributed by atoms with E-state index in [4.69, 9.17) is 18.9 Å². The molecule has 0 aromatic heterocycles. The first kappa shape index (κ1) is 22.8. The molecule has 7 heteroatoms. The molecule has 7 nitrogen and oxygen atoms in total. The molecule has 0 heterocycles. The number of hydrogen-bond donors (Lipinski definition) is 1. The van der Waals surface area contributed by atoms with Crippen molar-refractivity contribution in [1.29, 1.82) is 0 Å². The first-order valence-corrected chi connectivity index (χ1v) is 9.36. The van der Waals surface area contributed by atoms with Crippen LogP contribution in [0.4, 0.5) is 5.69 Å². The number of amides is 1. The second-order valence-electron chi connectivity index (χ2n) is 6.61. The molecule has 0 radical (unpaired) electrons. The second-order valence-corrected chi connectivity index (χ2v) is 6.61. The summed E-state index contributed by atoms with van der Waals surface area (Å²) >= 11 is 0. The molecule has 1 atom stereocenters. The van der Waals surface area contributed by atoms with E-state index in [1.54, 1.807) is 24.3 Å². The zero-order chi connectivity index (χ0) is 22.3. The van der Waals surface area contributed by atoms with Gasteiger partial charge < -0.3 is 24.3 Å². The number of methoxy groups -OCH3 is 3. The molecule has 0 aliphatic rings. The Bertz CT molecular complexity index is 926. The Morgan fingerprint density at radius 3 is 2.20 bits per heavy atom. The maximum atomic E-state index is 12.4. The lowest BCUT2D eigenvalue weighted by atomic mass is 10.1. The predicted octanol–water partition coefficient (Wildman–Crippen LogP) is 3.91. The number of aryl methyl sites for hydroxylation is 1. The number of carbonyl (C=O) groups is 2. The highest BCUT2D eigenvalue weighted by Crippen LogP contribution is 2.38. The molecule has 0 aliphatic heterocycles. The monoisotopic (exact) mass is 413 g/mol. The summed E-state index contributed by atoms with van der Waals surface area (Å²) in [7, 11) is 4.53. The highest BCUT2D eigenvalue weighted by Gasteiger charge is 2.18. The van der Waals surface area contributed by atoms with Gasteiger partial charge in [-0.15, -0.1) is 0 Å². The molecule has 0 fully saturated rings. The summed E-state index contributed by atoms with van der Waals surface area (Å²) in [6, 6.07) is 9.01. The van der Waals surface area contributed by atoms with Crippen molar-refractivity contribution in [1.82, 2.24) is 0 Å². The molecule has 1 amide bonds. The van der Waals surface area contributed by atoms with Crippen LogP contribution < -0.4 is 19.5 Å². The Hall–Kier alpha value is -3.48. The van der Waals surface area contributed by atoms with Crippen LogP contribution >= 0.6 is 0 Å². The smallest absolute Gasteiger partial charge is 0.331 e. The summed E-state index contributed by atoms with van der Waals surface area (Å²) in [4.78, 5) is 24.5. The van der Waals surface area contributed by atoms with Gasteiger partial charge in [0.25, 0.3) is 5.91 Å². The van der Waals surface area contributed by atoms with Gasteiger partial charge in [-0.2, -0.15) is 0 Å². The fourth-order valence-electron chi connectivity index (χ4n) is 2.75. The zero-order valence-corrected chi connectivity index (χ0v) is 18.1. The number of ether oxygens (including phenoxy) is 4. The third-order valence-electron chi connectivity index (χ3n) is 4.62. The van der Waals surface area contributed by atoms with Crippen LogP contribution in [0.25, 0.3) is 6.08 Å². The zero-order valence-electron chi connectivity index (χ0n) is 18.1. The van der Waals surface area contributed by atoms with Crippen molar-refractivity contribution in [2.75, 3.05) is 26.6 Å². The minimum Gasteiger partial charge on any atom is -0.493 e. The molecule has 0 spiro atoms. The minimum atomic E-state index is -0.956. The van der Waals surface area contributed by atoms with Gasteiger partial charge in [-0.3, -0.25) is 4.79 Å². The molecule has 2 rings (SSSR count). The summed E-state index contributed by atoms with van der Waals surface area (Å²) in [5.74, 6) is 0.333. The van der Waals surface area contributed by atoms with E-state index in [2.05, 4.69) is 5.32 Å². The van der Waals surface area contributed by atoms with Crippen LogP contribution in [0.1, 0.15) is 23.6 Å². The van der Waals surface area contributed by atoms with E-state index in [0.717, 1.165) is 11.1 Å². The number of hydrogen-bond acceptors (Lipinski definition) is 6. The van der Waals surface area contributed by atoms with Crippen molar-refractivity contribution in [2.24, 2.45) is 0 Å². The quantitative estimate of drug-likeness (QED) is 0.522. The summed E-state index contributed by atoms with van der Waals surface area (Å²) in [6.45, 7) is 5.40.